The van der Waals surface area contributed by atoms with Gasteiger partial charge in [0.15, 0.2) is 0 Å². The smallest absolute Gasteiger partial charge is 0.120 e. The highest BCUT2D eigenvalue weighted by atomic mass is 32.1. The normalized spacial score (nSPS) is 14.9. The Morgan fingerprint density at radius 3 is 2.56 bits per heavy atom. The highest BCUT2D eigenvalue weighted by Crippen LogP contribution is 2.28. The molecule has 6 heteroatoms. The van der Waals surface area contributed by atoms with Crippen LogP contribution in [-0.4, -0.2) is 35.7 Å². The second kappa shape index (κ2) is 9.95. The van der Waals surface area contributed by atoms with Crippen molar-refractivity contribution < 1.29 is 9.47 Å². The maximum absolute atomic E-state index is 6.13. The third-order valence-corrected chi connectivity index (χ3v) is 7.25. The fourth-order valence-electron chi connectivity index (χ4n) is 4.39. The van der Waals surface area contributed by atoms with Crippen LogP contribution in [-0.2, 0) is 13.7 Å². The first-order chi connectivity index (χ1) is 16.5. The van der Waals surface area contributed by atoms with Gasteiger partial charge in [0.1, 0.15) is 24.2 Å². The Hall–Kier alpha value is -3.22. The lowest BCUT2D eigenvalue weighted by Crippen LogP contribution is -2.35. The minimum atomic E-state index is 0.305. The molecule has 3 heterocycles. The summed E-state index contributed by atoms with van der Waals surface area (Å²) in [6.07, 6.45) is 2.46. The molecule has 0 spiro atoms. The summed E-state index contributed by atoms with van der Waals surface area (Å²) in [6.45, 7) is 6.95. The Balaban J connectivity index is 1.16. The SMILES string of the molecule is C=C(Nc1cccc(COc2ccc(OC3CCN(C)CC3)cc2)c1)c1cc2sccc2n1C. The molecule has 0 radical (unpaired) electrons. The van der Waals surface area contributed by atoms with E-state index in [2.05, 4.69) is 71.2 Å². The van der Waals surface area contributed by atoms with Gasteiger partial charge in [0.25, 0.3) is 0 Å². The highest BCUT2D eigenvalue weighted by Gasteiger charge is 2.18. The average molecular weight is 474 g/mol. The molecule has 0 atom stereocenters. The Labute approximate surface area is 205 Å². The molecular weight excluding hydrogens is 442 g/mol. The van der Waals surface area contributed by atoms with Crippen molar-refractivity contribution >= 4 is 32.9 Å². The van der Waals surface area contributed by atoms with E-state index in [-0.39, 0.29) is 0 Å². The third-order valence-electron chi connectivity index (χ3n) is 6.39. The summed E-state index contributed by atoms with van der Waals surface area (Å²) >= 11 is 1.75. The second-order valence-corrected chi connectivity index (χ2v) is 9.89. The zero-order valence-electron chi connectivity index (χ0n) is 19.8. The Bertz CT molecular complexity index is 1270. The van der Waals surface area contributed by atoms with Gasteiger partial charge in [-0.15, -0.1) is 11.3 Å². The Kier molecular flexibility index (Phi) is 6.61. The maximum Gasteiger partial charge on any atom is 0.120 e. The molecule has 1 N–H and O–H groups in total. The average Bonchev–Trinajstić information content (AvgIpc) is 3.43. The molecule has 176 valence electrons. The van der Waals surface area contributed by atoms with Crippen LogP contribution in [0.3, 0.4) is 0 Å². The number of ether oxygens (including phenoxy) is 2. The van der Waals surface area contributed by atoms with Gasteiger partial charge in [-0.25, -0.2) is 0 Å². The zero-order valence-corrected chi connectivity index (χ0v) is 20.6. The van der Waals surface area contributed by atoms with Gasteiger partial charge < -0.3 is 24.3 Å². The molecule has 34 heavy (non-hydrogen) atoms. The fraction of sp³-hybridized carbons (Fsp3) is 0.286. The predicted molar refractivity (Wildman–Crippen MR) is 142 cm³/mol. The number of nitrogens with one attached hydrogen (secondary N) is 1. The number of hydrogen-bond donors (Lipinski definition) is 1. The van der Waals surface area contributed by atoms with Crippen molar-refractivity contribution in [3.63, 3.8) is 0 Å². The lowest BCUT2D eigenvalue weighted by Gasteiger charge is -2.29. The number of hydrogen-bond acceptors (Lipinski definition) is 5. The van der Waals surface area contributed by atoms with Crippen molar-refractivity contribution in [3.8, 4) is 11.5 Å². The van der Waals surface area contributed by atoms with E-state index in [9.17, 15) is 0 Å². The minimum Gasteiger partial charge on any atom is -0.490 e. The molecule has 0 unspecified atom stereocenters. The highest BCUT2D eigenvalue weighted by molar-refractivity contribution is 7.17. The molecule has 1 aliphatic heterocycles. The van der Waals surface area contributed by atoms with Gasteiger partial charge in [-0.1, -0.05) is 18.7 Å². The van der Waals surface area contributed by atoms with Crippen molar-refractivity contribution in [2.45, 2.75) is 25.6 Å². The van der Waals surface area contributed by atoms with Crippen molar-refractivity contribution in [2.24, 2.45) is 7.05 Å². The largest absolute Gasteiger partial charge is 0.490 e. The second-order valence-electron chi connectivity index (χ2n) is 8.94. The molecule has 0 bridgehead atoms. The van der Waals surface area contributed by atoms with Crippen LogP contribution in [0.15, 0.2) is 72.6 Å². The molecule has 1 aliphatic rings. The molecule has 0 aliphatic carbocycles. The van der Waals surface area contributed by atoms with E-state index in [0.717, 1.165) is 60.1 Å². The fourth-order valence-corrected chi connectivity index (χ4v) is 5.24. The summed E-state index contributed by atoms with van der Waals surface area (Å²) in [7, 11) is 4.24. The van der Waals surface area contributed by atoms with Crippen molar-refractivity contribution in [2.75, 3.05) is 25.5 Å². The van der Waals surface area contributed by atoms with Crippen molar-refractivity contribution in [1.29, 1.82) is 0 Å². The molecule has 2 aromatic heterocycles. The number of likely N-dealkylation sites (tertiary alicyclic amines) is 1. The summed E-state index contributed by atoms with van der Waals surface area (Å²) in [5, 5.41) is 5.57. The van der Waals surface area contributed by atoms with Gasteiger partial charge in [-0.3, -0.25) is 0 Å². The van der Waals surface area contributed by atoms with Gasteiger partial charge in [0.05, 0.1) is 21.6 Å². The van der Waals surface area contributed by atoms with Crippen LogP contribution >= 0.6 is 11.3 Å². The summed E-state index contributed by atoms with van der Waals surface area (Å²) in [4.78, 5) is 2.35. The number of benzene rings is 2. The number of aryl methyl sites for hydroxylation is 1. The van der Waals surface area contributed by atoms with Crippen molar-refractivity contribution in [3.05, 3.63) is 83.9 Å². The van der Waals surface area contributed by atoms with Crippen LogP contribution in [0.5, 0.6) is 11.5 Å². The number of aromatic nitrogens is 1. The molecule has 1 saturated heterocycles. The van der Waals surface area contributed by atoms with E-state index in [1.165, 1.54) is 10.2 Å². The monoisotopic (exact) mass is 473 g/mol. The molecule has 0 saturated carbocycles. The quantitative estimate of drug-likeness (QED) is 0.323. The molecule has 5 nitrogen and oxygen atoms in total. The molecule has 0 amide bonds. The molecule has 2 aromatic carbocycles. The zero-order chi connectivity index (χ0) is 23.5. The van der Waals surface area contributed by atoms with Crippen LogP contribution in [0.25, 0.3) is 15.9 Å². The number of piperidine rings is 1. The van der Waals surface area contributed by atoms with E-state index < -0.39 is 0 Å². The van der Waals surface area contributed by atoms with Gasteiger partial charge in [-0.2, -0.15) is 0 Å². The third kappa shape index (κ3) is 5.13. The van der Waals surface area contributed by atoms with E-state index in [0.29, 0.717) is 12.7 Å². The van der Waals surface area contributed by atoms with Crippen LogP contribution in [0.1, 0.15) is 24.1 Å². The molecular formula is C28H31N3O2S. The Morgan fingerprint density at radius 1 is 1.03 bits per heavy atom. The lowest BCUT2D eigenvalue weighted by molar-refractivity contribution is 0.114. The number of nitrogens with zero attached hydrogens (tertiary/aromatic N) is 2. The number of thiophene rings is 1. The maximum atomic E-state index is 6.13. The van der Waals surface area contributed by atoms with Gasteiger partial charge >= 0.3 is 0 Å². The minimum absolute atomic E-state index is 0.305. The van der Waals surface area contributed by atoms with Crippen LogP contribution in [0, 0.1) is 0 Å². The summed E-state index contributed by atoms with van der Waals surface area (Å²) in [5.74, 6) is 1.74. The van der Waals surface area contributed by atoms with E-state index in [1.54, 1.807) is 11.3 Å². The van der Waals surface area contributed by atoms with Gasteiger partial charge in [0, 0.05) is 25.8 Å². The van der Waals surface area contributed by atoms with Crippen molar-refractivity contribution in [1.82, 2.24) is 9.47 Å². The first-order valence-electron chi connectivity index (χ1n) is 11.7. The summed E-state index contributed by atoms with van der Waals surface area (Å²) in [5.41, 5.74) is 5.29. The Morgan fingerprint density at radius 2 is 1.79 bits per heavy atom. The standard InChI is InChI=1S/C28H31N3O2S/c1-20(27-18-28-26(31(27)3)13-16-34-28)29-22-6-4-5-21(17-22)19-32-23-7-9-24(10-8-23)33-25-11-14-30(2)15-12-25/h4-10,13,16-18,25,29H,1,11-12,14-15,19H2,2-3H3. The topological polar surface area (TPSA) is 38.7 Å². The summed E-state index contributed by atoms with van der Waals surface area (Å²) in [6, 6.07) is 20.6. The van der Waals surface area contributed by atoms with E-state index in [1.807, 2.05) is 30.3 Å². The first kappa shape index (κ1) is 22.6. The van der Waals surface area contributed by atoms with Crippen LogP contribution < -0.4 is 14.8 Å². The first-order valence-corrected chi connectivity index (χ1v) is 12.6. The van der Waals surface area contributed by atoms with Crippen LogP contribution in [0.2, 0.25) is 0 Å². The number of fused-ring (bicyclic) bond motifs is 1. The molecule has 4 aromatic rings. The van der Waals surface area contributed by atoms with E-state index in [4.69, 9.17) is 9.47 Å². The van der Waals surface area contributed by atoms with Gasteiger partial charge in [0.2, 0.25) is 0 Å². The lowest BCUT2D eigenvalue weighted by atomic mass is 10.1. The van der Waals surface area contributed by atoms with Gasteiger partial charge in [-0.05, 0) is 79.4 Å². The summed E-state index contributed by atoms with van der Waals surface area (Å²) < 4.78 is 15.6. The molecule has 1 fully saturated rings. The number of anilines is 1. The number of rotatable bonds is 8. The predicted octanol–water partition coefficient (Wildman–Crippen LogP) is 6.37. The molecule has 5 rings (SSSR count). The van der Waals surface area contributed by atoms with E-state index >= 15 is 0 Å². The van der Waals surface area contributed by atoms with Crippen LogP contribution in [0.4, 0.5) is 5.69 Å².